The number of nitrogens with one attached hydrogen (secondary N) is 1. The summed E-state index contributed by atoms with van der Waals surface area (Å²) in [6.07, 6.45) is 2.15. The Morgan fingerprint density at radius 2 is 2.33 bits per heavy atom. The van der Waals surface area contributed by atoms with Gasteiger partial charge in [-0.2, -0.15) is 10.2 Å². The zero-order valence-corrected chi connectivity index (χ0v) is 11.7. The highest BCUT2D eigenvalue weighted by atomic mass is 16.5. The molecule has 1 aromatic heterocycles. The van der Waals surface area contributed by atoms with Gasteiger partial charge in [0.15, 0.2) is 11.5 Å². The van der Waals surface area contributed by atoms with Crippen molar-refractivity contribution in [1.29, 1.82) is 5.26 Å². The van der Waals surface area contributed by atoms with Gasteiger partial charge in [0.25, 0.3) is 5.88 Å². The molecule has 2 rings (SSSR count). The van der Waals surface area contributed by atoms with Crippen LogP contribution in [0.15, 0.2) is 6.20 Å². The van der Waals surface area contributed by atoms with Crippen molar-refractivity contribution in [2.75, 3.05) is 32.1 Å². The van der Waals surface area contributed by atoms with Crippen LogP contribution in [0.5, 0.6) is 5.88 Å². The molecule has 2 heterocycles. The number of anilines is 1. The smallest absolute Gasteiger partial charge is 0.407 e. The highest BCUT2D eigenvalue weighted by Crippen LogP contribution is 2.21. The lowest BCUT2D eigenvalue weighted by molar-refractivity contribution is 0.126. The molecule has 1 amide bonds. The van der Waals surface area contributed by atoms with Crippen LogP contribution in [0.25, 0.3) is 0 Å². The number of carbonyl (C=O) groups is 1. The number of carboxylic acid groups (broad SMARTS) is 1. The van der Waals surface area contributed by atoms with Crippen LogP contribution in [-0.2, 0) is 0 Å². The topological polar surface area (TPSA) is 111 Å². The molecule has 0 atom stereocenters. The number of nitrogens with zero attached hydrogens (tertiary/aromatic N) is 4. The molecule has 1 fully saturated rings. The van der Waals surface area contributed by atoms with E-state index in [2.05, 4.69) is 15.3 Å². The van der Waals surface area contributed by atoms with E-state index in [1.807, 2.05) is 6.07 Å². The Morgan fingerprint density at radius 1 is 1.62 bits per heavy atom. The maximum absolute atomic E-state index is 10.8. The van der Waals surface area contributed by atoms with Crippen molar-refractivity contribution >= 4 is 11.9 Å². The standard InChI is InChI=1S/C13H17N5O3/c1-21-12-11(16-8-10(6-14)17-12)15-7-9-2-4-18(5-3-9)13(19)20/h8-9H,2-5,7H2,1H3,(H,15,16)(H,19,20). The Morgan fingerprint density at radius 3 is 2.90 bits per heavy atom. The summed E-state index contributed by atoms with van der Waals surface area (Å²) in [6.45, 7) is 1.78. The number of aromatic nitrogens is 2. The van der Waals surface area contributed by atoms with Crippen LogP contribution in [0, 0.1) is 17.2 Å². The van der Waals surface area contributed by atoms with Gasteiger partial charge in [-0.05, 0) is 18.8 Å². The molecule has 1 saturated heterocycles. The second-order valence-corrected chi connectivity index (χ2v) is 4.82. The van der Waals surface area contributed by atoms with Gasteiger partial charge in [0.05, 0.1) is 13.3 Å². The maximum Gasteiger partial charge on any atom is 0.407 e. The average Bonchev–Trinajstić information content (AvgIpc) is 2.53. The SMILES string of the molecule is COc1nc(C#N)cnc1NCC1CCN(C(=O)O)CC1. The Hall–Kier alpha value is -2.56. The van der Waals surface area contributed by atoms with E-state index >= 15 is 0 Å². The highest BCUT2D eigenvalue weighted by molar-refractivity contribution is 5.65. The Bertz CT molecular complexity index is 549. The molecule has 0 aliphatic carbocycles. The van der Waals surface area contributed by atoms with Gasteiger partial charge < -0.3 is 20.1 Å². The summed E-state index contributed by atoms with van der Waals surface area (Å²) in [5.74, 6) is 1.16. The zero-order chi connectivity index (χ0) is 15.2. The Balaban J connectivity index is 1.89. The van der Waals surface area contributed by atoms with Crippen LogP contribution in [0.4, 0.5) is 10.6 Å². The summed E-state index contributed by atoms with van der Waals surface area (Å²) in [4.78, 5) is 20.4. The van der Waals surface area contributed by atoms with Crippen molar-refractivity contribution in [3.8, 4) is 11.9 Å². The molecule has 21 heavy (non-hydrogen) atoms. The predicted molar refractivity (Wildman–Crippen MR) is 74.1 cm³/mol. The number of rotatable bonds is 4. The predicted octanol–water partition coefficient (Wildman–Crippen LogP) is 1.16. The van der Waals surface area contributed by atoms with Gasteiger partial charge in [-0.3, -0.25) is 0 Å². The van der Waals surface area contributed by atoms with E-state index < -0.39 is 6.09 Å². The molecule has 0 radical (unpaired) electrons. The van der Waals surface area contributed by atoms with E-state index in [0.29, 0.717) is 31.4 Å². The third-order valence-corrected chi connectivity index (χ3v) is 3.49. The van der Waals surface area contributed by atoms with Crippen molar-refractivity contribution in [3.05, 3.63) is 11.9 Å². The van der Waals surface area contributed by atoms with Gasteiger partial charge >= 0.3 is 6.09 Å². The molecule has 2 N–H and O–H groups in total. The maximum atomic E-state index is 10.8. The molecule has 0 unspecified atom stereocenters. The van der Waals surface area contributed by atoms with Crippen molar-refractivity contribution in [3.63, 3.8) is 0 Å². The van der Waals surface area contributed by atoms with E-state index in [4.69, 9.17) is 15.1 Å². The van der Waals surface area contributed by atoms with Crippen molar-refractivity contribution in [2.45, 2.75) is 12.8 Å². The fraction of sp³-hybridized carbons (Fsp3) is 0.538. The molecule has 0 bridgehead atoms. The van der Waals surface area contributed by atoms with Gasteiger partial charge in [-0.15, -0.1) is 0 Å². The fourth-order valence-electron chi connectivity index (χ4n) is 2.26. The highest BCUT2D eigenvalue weighted by Gasteiger charge is 2.22. The first kappa shape index (κ1) is 14.8. The minimum Gasteiger partial charge on any atom is -0.478 e. The van der Waals surface area contributed by atoms with Crippen LogP contribution < -0.4 is 10.1 Å². The van der Waals surface area contributed by atoms with Crippen molar-refractivity contribution < 1.29 is 14.6 Å². The molecule has 0 aromatic carbocycles. The average molecular weight is 291 g/mol. The van der Waals surface area contributed by atoms with Crippen LogP contribution in [0.2, 0.25) is 0 Å². The summed E-state index contributed by atoms with van der Waals surface area (Å²) < 4.78 is 5.10. The Labute approximate surface area is 122 Å². The first-order valence-electron chi connectivity index (χ1n) is 6.67. The second kappa shape index (κ2) is 6.74. The number of amides is 1. The van der Waals surface area contributed by atoms with E-state index in [0.717, 1.165) is 12.8 Å². The third-order valence-electron chi connectivity index (χ3n) is 3.49. The summed E-state index contributed by atoms with van der Waals surface area (Å²) in [7, 11) is 1.47. The monoisotopic (exact) mass is 291 g/mol. The molecule has 0 spiro atoms. The van der Waals surface area contributed by atoms with E-state index in [1.54, 1.807) is 0 Å². The van der Waals surface area contributed by atoms with Crippen LogP contribution in [-0.4, -0.2) is 52.8 Å². The van der Waals surface area contributed by atoms with Gasteiger partial charge in [0.2, 0.25) is 0 Å². The molecule has 1 aliphatic rings. The summed E-state index contributed by atoms with van der Waals surface area (Å²) >= 11 is 0. The minimum absolute atomic E-state index is 0.201. The van der Waals surface area contributed by atoms with E-state index in [9.17, 15) is 4.79 Å². The molecule has 1 aromatic rings. The Kier molecular flexibility index (Phi) is 4.77. The molecule has 8 nitrogen and oxygen atoms in total. The number of piperidine rings is 1. The molecule has 112 valence electrons. The summed E-state index contributed by atoms with van der Waals surface area (Å²) in [5.41, 5.74) is 0.201. The van der Waals surface area contributed by atoms with Crippen LogP contribution in [0.1, 0.15) is 18.5 Å². The lowest BCUT2D eigenvalue weighted by Crippen LogP contribution is -2.39. The number of likely N-dealkylation sites (tertiary alicyclic amines) is 1. The molecule has 8 heteroatoms. The number of nitriles is 1. The number of hydrogen-bond donors (Lipinski definition) is 2. The van der Waals surface area contributed by atoms with Crippen molar-refractivity contribution in [1.82, 2.24) is 14.9 Å². The normalized spacial score (nSPS) is 15.3. The second-order valence-electron chi connectivity index (χ2n) is 4.82. The van der Waals surface area contributed by atoms with Gasteiger partial charge in [-0.1, -0.05) is 0 Å². The van der Waals surface area contributed by atoms with Crippen molar-refractivity contribution in [2.24, 2.45) is 5.92 Å². The lowest BCUT2D eigenvalue weighted by atomic mass is 9.97. The van der Waals surface area contributed by atoms with Gasteiger partial charge in [-0.25, -0.2) is 9.78 Å². The zero-order valence-electron chi connectivity index (χ0n) is 11.7. The number of ether oxygens (including phenoxy) is 1. The van der Waals surface area contributed by atoms with E-state index in [1.165, 1.54) is 18.2 Å². The number of hydrogen-bond acceptors (Lipinski definition) is 6. The third kappa shape index (κ3) is 3.72. The van der Waals surface area contributed by atoms with E-state index in [-0.39, 0.29) is 11.6 Å². The van der Waals surface area contributed by atoms with Crippen LogP contribution in [0.3, 0.4) is 0 Å². The summed E-state index contributed by atoms with van der Waals surface area (Å²) in [6, 6.07) is 1.91. The molecular formula is C13H17N5O3. The number of methoxy groups -OCH3 is 1. The molecule has 0 saturated carbocycles. The summed E-state index contributed by atoms with van der Waals surface area (Å²) in [5, 5.41) is 20.8. The lowest BCUT2D eigenvalue weighted by Gasteiger charge is -2.30. The van der Waals surface area contributed by atoms with Gasteiger partial charge in [0.1, 0.15) is 6.07 Å². The quantitative estimate of drug-likeness (QED) is 0.856. The largest absolute Gasteiger partial charge is 0.478 e. The minimum atomic E-state index is -0.860. The fourth-order valence-corrected chi connectivity index (χ4v) is 2.26. The first-order valence-corrected chi connectivity index (χ1v) is 6.67. The molecule has 1 aliphatic heterocycles. The van der Waals surface area contributed by atoms with Crippen LogP contribution >= 0.6 is 0 Å². The first-order chi connectivity index (χ1) is 10.1. The molecular weight excluding hydrogens is 274 g/mol. The van der Waals surface area contributed by atoms with Gasteiger partial charge in [0, 0.05) is 19.6 Å².